The molecule has 13 heavy (non-hydrogen) atoms. The van der Waals surface area contributed by atoms with Crippen molar-refractivity contribution in [2.24, 2.45) is 0 Å². The van der Waals surface area contributed by atoms with E-state index in [-0.39, 0.29) is 20.4 Å². The Balaban J connectivity index is 0.000000845. The van der Waals surface area contributed by atoms with Gasteiger partial charge < -0.3 is 0 Å². The Labute approximate surface area is 92.6 Å². The molecule has 0 spiro atoms. The van der Waals surface area contributed by atoms with Crippen molar-refractivity contribution < 1.29 is 20.4 Å². The van der Waals surface area contributed by atoms with Gasteiger partial charge in [0.15, 0.2) is 0 Å². The minimum atomic E-state index is 0. The largest absolute Gasteiger partial charge is 0.147 e. The SMILES string of the molecule is Cc1cc2[c-]cccc2cc1C.[Re]. The molecule has 0 aliphatic heterocycles. The molecule has 0 N–H and O–H groups in total. The second-order valence-electron chi connectivity index (χ2n) is 3.19. The third-order valence-electron chi connectivity index (χ3n) is 2.28. The predicted octanol–water partition coefficient (Wildman–Crippen LogP) is 3.25. The first-order valence-electron chi connectivity index (χ1n) is 4.15. The molecule has 1 radical (unpaired) electrons. The van der Waals surface area contributed by atoms with Gasteiger partial charge in [-0.15, -0.1) is 41.1 Å². The number of hydrogen-bond acceptors (Lipinski definition) is 0. The molecule has 0 bridgehead atoms. The summed E-state index contributed by atoms with van der Waals surface area (Å²) in [7, 11) is 0. The van der Waals surface area contributed by atoms with Gasteiger partial charge in [0.1, 0.15) is 0 Å². The van der Waals surface area contributed by atoms with E-state index in [0.717, 1.165) is 0 Å². The van der Waals surface area contributed by atoms with E-state index < -0.39 is 0 Å². The number of fused-ring (bicyclic) bond motifs is 1. The van der Waals surface area contributed by atoms with E-state index in [1.165, 1.54) is 21.9 Å². The van der Waals surface area contributed by atoms with E-state index in [4.69, 9.17) is 0 Å². The summed E-state index contributed by atoms with van der Waals surface area (Å²) < 4.78 is 0. The van der Waals surface area contributed by atoms with Crippen LogP contribution in [0.15, 0.2) is 30.3 Å². The van der Waals surface area contributed by atoms with Crippen LogP contribution in [0.3, 0.4) is 0 Å². The van der Waals surface area contributed by atoms with Crippen molar-refractivity contribution in [1.82, 2.24) is 0 Å². The standard InChI is InChI=1S/C12H11.Re/c1-9-7-11-5-3-4-6-12(11)8-10(9)2;/h3-5,7-8H,1-2H3;/q-1;. The molecule has 0 atom stereocenters. The maximum Gasteiger partial charge on any atom is 0 e. The Kier molecular flexibility index (Phi) is 3.25. The zero-order valence-electron chi connectivity index (χ0n) is 7.76. The second kappa shape index (κ2) is 4.05. The monoisotopic (exact) mass is 342 g/mol. The second-order valence-corrected chi connectivity index (χ2v) is 3.19. The molecular weight excluding hydrogens is 330 g/mol. The first kappa shape index (κ1) is 10.4. The fraction of sp³-hybridized carbons (Fsp3) is 0.167. The molecule has 0 aliphatic carbocycles. The maximum atomic E-state index is 3.22. The zero-order valence-corrected chi connectivity index (χ0v) is 10.5. The van der Waals surface area contributed by atoms with Crippen LogP contribution in [0.2, 0.25) is 0 Å². The number of rotatable bonds is 0. The summed E-state index contributed by atoms with van der Waals surface area (Å²) in [6, 6.07) is 13.7. The zero-order chi connectivity index (χ0) is 8.55. The summed E-state index contributed by atoms with van der Waals surface area (Å²) >= 11 is 0. The van der Waals surface area contributed by atoms with E-state index in [9.17, 15) is 0 Å². The summed E-state index contributed by atoms with van der Waals surface area (Å²) in [6.07, 6.45) is 0. The smallest absolute Gasteiger partial charge is 0 e. The minimum Gasteiger partial charge on any atom is -0.147 e. The fourth-order valence-electron chi connectivity index (χ4n) is 1.39. The van der Waals surface area contributed by atoms with Crippen molar-refractivity contribution in [1.29, 1.82) is 0 Å². The Morgan fingerprint density at radius 3 is 2.54 bits per heavy atom. The number of aryl methyl sites for hydroxylation is 2. The van der Waals surface area contributed by atoms with E-state index in [0.29, 0.717) is 0 Å². The average Bonchev–Trinajstić information content (AvgIpc) is 2.07. The van der Waals surface area contributed by atoms with Crippen LogP contribution in [0.25, 0.3) is 10.8 Å². The van der Waals surface area contributed by atoms with Crippen molar-refractivity contribution in [3.63, 3.8) is 0 Å². The molecule has 2 aromatic carbocycles. The Bertz CT molecular complexity index is 378. The molecule has 0 fully saturated rings. The molecule has 0 aliphatic rings. The Morgan fingerprint density at radius 2 is 1.77 bits per heavy atom. The number of hydrogen-bond donors (Lipinski definition) is 0. The van der Waals surface area contributed by atoms with Crippen molar-refractivity contribution in [3.8, 4) is 0 Å². The molecule has 2 rings (SSSR count). The normalized spacial score (nSPS) is 9.69. The molecule has 0 saturated carbocycles. The van der Waals surface area contributed by atoms with Crippen LogP contribution in [-0.2, 0) is 20.4 Å². The van der Waals surface area contributed by atoms with Gasteiger partial charge >= 0.3 is 0 Å². The van der Waals surface area contributed by atoms with Crippen LogP contribution in [-0.4, -0.2) is 0 Å². The van der Waals surface area contributed by atoms with Crippen LogP contribution in [0.5, 0.6) is 0 Å². The van der Waals surface area contributed by atoms with Gasteiger partial charge in [-0.05, 0) is 13.8 Å². The molecule has 0 nitrogen and oxygen atoms in total. The van der Waals surface area contributed by atoms with E-state index in [1.54, 1.807) is 0 Å². The summed E-state index contributed by atoms with van der Waals surface area (Å²) in [6.45, 7) is 4.28. The van der Waals surface area contributed by atoms with Gasteiger partial charge in [0.25, 0.3) is 0 Å². The molecule has 2 aromatic rings. The quantitative estimate of drug-likeness (QED) is 0.645. The molecule has 0 saturated heterocycles. The summed E-state index contributed by atoms with van der Waals surface area (Å²) in [5.74, 6) is 0. The third kappa shape index (κ3) is 1.99. The average molecular weight is 341 g/mol. The fourth-order valence-corrected chi connectivity index (χ4v) is 1.39. The van der Waals surface area contributed by atoms with Gasteiger partial charge in [0, 0.05) is 20.4 Å². The Morgan fingerprint density at radius 1 is 1.08 bits per heavy atom. The van der Waals surface area contributed by atoms with Crippen LogP contribution in [0.1, 0.15) is 11.1 Å². The minimum absolute atomic E-state index is 0. The molecule has 1 heteroatoms. The van der Waals surface area contributed by atoms with E-state index in [2.05, 4.69) is 38.1 Å². The van der Waals surface area contributed by atoms with Gasteiger partial charge in [-0.2, -0.15) is 0 Å². The predicted molar refractivity (Wildman–Crippen MR) is 52.3 cm³/mol. The van der Waals surface area contributed by atoms with Crippen molar-refractivity contribution in [2.45, 2.75) is 13.8 Å². The van der Waals surface area contributed by atoms with Gasteiger partial charge in [0.2, 0.25) is 0 Å². The van der Waals surface area contributed by atoms with Gasteiger partial charge in [0.05, 0.1) is 0 Å². The third-order valence-corrected chi connectivity index (χ3v) is 2.28. The first-order valence-corrected chi connectivity index (χ1v) is 4.15. The van der Waals surface area contributed by atoms with Crippen LogP contribution < -0.4 is 0 Å². The summed E-state index contributed by atoms with van der Waals surface area (Å²) in [5, 5.41) is 2.49. The van der Waals surface area contributed by atoms with Crippen LogP contribution in [0.4, 0.5) is 0 Å². The van der Waals surface area contributed by atoms with Crippen molar-refractivity contribution in [2.75, 3.05) is 0 Å². The summed E-state index contributed by atoms with van der Waals surface area (Å²) in [4.78, 5) is 0. The van der Waals surface area contributed by atoms with E-state index in [1.807, 2.05) is 12.1 Å². The molecule has 67 valence electrons. The number of benzene rings is 2. The van der Waals surface area contributed by atoms with Crippen LogP contribution in [0, 0.1) is 19.9 Å². The van der Waals surface area contributed by atoms with Crippen molar-refractivity contribution in [3.05, 3.63) is 47.5 Å². The van der Waals surface area contributed by atoms with Crippen LogP contribution >= 0.6 is 0 Å². The Hall–Kier alpha value is -0.638. The van der Waals surface area contributed by atoms with Crippen molar-refractivity contribution >= 4 is 10.8 Å². The van der Waals surface area contributed by atoms with Gasteiger partial charge in [-0.3, -0.25) is 0 Å². The first-order chi connectivity index (χ1) is 5.77. The molecule has 0 heterocycles. The van der Waals surface area contributed by atoms with Gasteiger partial charge in [-0.25, -0.2) is 0 Å². The van der Waals surface area contributed by atoms with E-state index >= 15 is 0 Å². The summed E-state index contributed by atoms with van der Waals surface area (Å²) in [5.41, 5.74) is 2.69. The maximum absolute atomic E-state index is 3.22. The van der Waals surface area contributed by atoms with Gasteiger partial charge in [-0.1, -0.05) is 17.2 Å². The topological polar surface area (TPSA) is 0 Å². The molecule has 0 aromatic heterocycles. The molecule has 0 unspecified atom stereocenters. The molecule has 0 amide bonds. The molecular formula is C12H11Re-.